The second-order valence-corrected chi connectivity index (χ2v) is 8.59. The standard InChI is InChI=1S/C23H20BrF3N4O2/c1-31-9-7-16-19(23(31)33)20(24)21(29-16)13-6-8-28-18(10-13)30-22(32)15(11-17(26)27)12-2-4-14(25)5-3-12/h2-6,8,10,15,17,29H,7,9,11H2,1H3,(H,28,30,32). The quantitative estimate of drug-likeness (QED) is 0.480. The van der Waals surface area contributed by atoms with Crippen LogP contribution in [0.2, 0.25) is 0 Å². The van der Waals surface area contributed by atoms with Crippen molar-refractivity contribution in [3.8, 4) is 11.3 Å². The lowest BCUT2D eigenvalue weighted by Gasteiger charge is -2.22. The maximum atomic E-state index is 13.2. The Kier molecular flexibility index (Phi) is 6.55. The number of nitrogens with one attached hydrogen (secondary N) is 2. The monoisotopic (exact) mass is 520 g/mol. The molecular weight excluding hydrogens is 501 g/mol. The van der Waals surface area contributed by atoms with Crippen molar-refractivity contribution in [3.05, 3.63) is 69.7 Å². The summed E-state index contributed by atoms with van der Waals surface area (Å²) in [5, 5.41) is 2.59. The summed E-state index contributed by atoms with van der Waals surface area (Å²) in [5.74, 6) is -2.29. The molecule has 1 atom stereocenters. The van der Waals surface area contributed by atoms with Gasteiger partial charge in [-0.3, -0.25) is 9.59 Å². The highest BCUT2D eigenvalue weighted by Gasteiger charge is 2.29. The average molecular weight is 521 g/mol. The number of hydrogen-bond donors (Lipinski definition) is 2. The summed E-state index contributed by atoms with van der Waals surface area (Å²) in [6.07, 6.45) is -1.27. The molecule has 2 N–H and O–H groups in total. The van der Waals surface area contributed by atoms with Gasteiger partial charge in [-0.25, -0.2) is 18.2 Å². The third kappa shape index (κ3) is 4.80. The zero-order chi connectivity index (χ0) is 23.7. The van der Waals surface area contributed by atoms with Gasteiger partial charge in [-0.2, -0.15) is 0 Å². The van der Waals surface area contributed by atoms with Gasteiger partial charge in [0.15, 0.2) is 0 Å². The average Bonchev–Trinajstić information content (AvgIpc) is 3.12. The number of nitrogens with zero attached hydrogens (tertiary/aromatic N) is 2. The van der Waals surface area contributed by atoms with Crippen molar-refractivity contribution in [1.82, 2.24) is 14.9 Å². The lowest BCUT2D eigenvalue weighted by atomic mass is 9.95. The number of benzene rings is 1. The number of amides is 2. The molecule has 33 heavy (non-hydrogen) atoms. The Hall–Kier alpha value is -3.14. The first-order valence-corrected chi connectivity index (χ1v) is 11.0. The van der Waals surface area contributed by atoms with Crippen molar-refractivity contribution in [2.75, 3.05) is 18.9 Å². The van der Waals surface area contributed by atoms with Crippen molar-refractivity contribution >= 4 is 33.6 Å². The third-order valence-corrected chi connectivity index (χ3v) is 6.37. The summed E-state index contributed by atoms with van der Waals surface area (Å²) in [4.78, 5) is 34.4. The highest BCUT2D eigenvalue weighted by atomic mass is 79.9. The lowest BCUT2D eigenvalue weighted by Crippen LogP contribution is -2.33. The number of carbonyl (C=O) groups is 2. The summed E-state index contributed by atoms with van der Waals surface area (Å²) >= 11 is 3.50. The van der Waals surface area contributed by atoms with E-state index < -0.39 is 30.5 Å². The molecule has 0 saturated carbocycles. The summed E-state index contributed by atoms with van der Waals surface area (Å²) in [6.45, 7) is 0.602. The van der Waals surface area contributed by atoms with Crippen LogP contribution >= 0.6 is 15.9 Å². The van der Waals surface area contributed by atoms with E-state index in [-0.39, 0.29) is 17.3 Å². The Morgan fingerprint density at radius 1 is 1.27 bits per heavy atom. The number of aromatic amines is 1. The number of H-pyrrole nitrogens is 1. The molecule has 6 nitrogen and oxygen atoms in total. The summed E-state index contributed by atoms with van der Waals surface area (Å²) < 4.78 is 40.1. The van der Waals surface area contributed by atoms with Gasteiger partial charge in [-0.05, 0) is 45.8 Å². The molecule has 4 rings (SSSR count). The van der Waals surface area contributed by atoms with Gasteiger partial charge in [-0.1, -0.05) is 12.1 Å². The van der Waals surface area contributed by atoms with Crippen LogP contribution in [-0.2, 0) is 11.2 Å². The van der Waals surface area contributed by atoms with E-state index in [9.17, 15) is 22.8 Å². The number of alkyl halides is 2. The first-order valence-electron chi connectivity index (χ1n) is 10.2. The zero-order valence-corrected chi connectivity index (χ0v) is 19.1. The van der Waals surface area contributed by atoms with E-state index in [0.717, 1.165) is 17.8 Å². The minimum Gasteiger partial charge on any atom is -0.357 e. The second-order valence-electron chi connectivity index (χ2n) is 7.79. The number of fused-ring (bicyclic) bond motifs is 1. The van der Waals surface area contributed by atoms with Crippen LogP contribution in [0.1, 0.15) is 34.0 Å². The smallest absolute Gasteiger partial charge is 0.256 e. The third-order valence-electron chi connectivity index (χ3n) is 5.58. The van der Waals surface area contributed by atoms with Gasteiger partial charge >= 0.3 is 0 Å². The fraction of sp³-hybridized carbons (Fsp3) is 0.261. The van der Waals surface area contributed by atoms with Crippen molar-refractivity contribution in [1.29, 1.82) is 0 Å². The minimum atomic E-state index is -2.72. The van der Waals surface area contributed by atoms with Gasteiger partial charge in [0.05, 0.1) is 21.6 Å². The second kappa shape index (κ2) is 9.38. The number of aromatic nitrogens is 2. The van der Waals surface area contributed by atoms with Crippen LogP contribution in [-0.4, -0.2) is 46.7 Å². The topological polar surface area (TPSA) is 78.1 Å². The number of halogens is 4. The Balaban J connectivity index is 1.60. The van der Waals surface area contributed by atoms with Crippen molar-refractivity contribution in [2.45, 2.75) is 25.2 Å². The Morgan fingerprint density at radius 3 is 2.70 bits per heavy atom. The molecule has 2 amide bonds. The van der Waals surface area contributed by atoms with Gasteiger partial charge in [0, 0.05) is 43.9 Å². The van der Waals surface area contributed by atoms with Crippen LogP contribution in [0.5, 0.6) is 0 Å². The van der Waals surface area contributed by atoms with Gasteiger partial charge in [0.1, 0.15) is 11.6 Å². The molecule has 0 aliphatic carbocycles. The van der Waals surface area contributed by atoms with Crippen molar-refractivity contribution < 1.29 is 22.8 Å². The van der Waals surface area contributed by atoms with E-state index in [0.29, 0.717) is 34.3 Å². The van der Waals surface area contributed by atoms with Crippen LogP contribution < -0.4 is 5.32 Å². The highest BCUT2D eigenvalue weighted by molar-refractivity contribution is 9.10. The van der Waals surface area contributed by atoms with E-state index in [1.807, 2.05) is 0 Å². The van der Waals surface area contributed by atoms with Crippen molar-refractivity contribution in [3.63, 3.8) is 0 Å². The fourth-order valence-electron chi connectivity index (χ4n) is 3.84. The van der Waals surface area contributed by atoms with Gasteiger partial charge in [0.25, 0.3) is 5.91 Å². The van der Waals surface area contributed by atoms with Crippen LogP contribution in [0.25, 0.3) is 11.3 Å². The SMILES string of the molecule is CN1CCc2[nH]c(-c3ccnc(NC(=O)C(CC(F)F)c4ccc(F)cc4)c3)c(Br)c2C1=O. The molecule has 1 unspecified atom stereocenters. The maximum Gasteiger partial charge on any atom is 0.256 e. The fourth-order valence-corrected chi connectivity index (χ4v) is 4.58. The first-order chi connectivity index (χ1) is 15.7. The predicted octanol–water partition coefficient (Wildman–Crippen LogP) is 4.98. The lowest BCUT2D eigenvalue weighted by molar-refractivity contribution is -0.118. The van der Waals surface area contributed by atoms with Crippen LogP contribution in [0.15, 0.2) is 47.1 Å². The molecule has 0 spiro atoms. The van der Waals surface area contributed by atoms with Gasteiger partial charge < -0.3 is 15.2 Å². The molecule has 3 aromatic rings. The Labute approximate surface area is 196 Å². The minimum absolute atomic E-state index is 0.0950. The molecule has 172 valence electrons. The van der Waals surface area contributed by atoms with Crippen LogP contribution in [0.4, 0.5) is 19.0 Å². The van der Waals surface area contributed by atoms with Crippen molar-refractivity contribution in [2.24, 2.45) is 0 Å². The molecule has 3 heterocycles. The molecule has 0 saturated heterocycles. The molecule has 0 radical (unpaired) electrons. The molecule has 1 aromatic carbocycles. The molecule has 1 aliphatic heterocycles. The largest absolute Gasteiger partial charge is 0.357 e. The van der Waals surface area contributed by atoms with Crippen LogP contribution in [0, 0.1) is 5.82 Å². The summed E-state index contributed by atoms with van der Waals surface area (Å²) in [5.41, 5.74) is 2.98. The molecular formula is C23H20BrF3N4O2. The van der Waals surface area contributed by atoms with E-state index >= 15 is 0 Å². The number of pyridine rings is 1. The number of hydrogen-bond acceptors (Lipinski definition) is 3. The number of rotatable bonds is 6. The van der Waals surface area contributed by atoms with E-state index in [1.54, 1.807) is 24.1 Å². The first kappa shape index (κ1) is 23.0. The Morgan fingerprint density at radius 2 is 2.00 bits per heavy atom. The molecule has 0 bridgehead atoms. The van der Waals surface area contributed by atoms with E-state index in [4.69, 9.17) is 0 Å². The van der Waals surface area contributed by atoms with E-state index in [1.165, 1.54) is 18.3 Å². The molecule has 0 fully saturated rings. The number of likely N-dealkylation sites (N-methyl/N-ethyl adjacent to an activating group) is 1. The zero-order valence-electron chi connectivity index (χ0n) is 17.5. The number of anilines is 1. The maximum absolute atomic E-state index is 13.2. The highest BCUT2D eigenvalue weighted by Crippen LogP contribution is 2.36. The van der Waals surface area contributed by atoms with Gasteiger partial charge in [-0.15, -0.1) is 0 Å². The van der Waals surface area contributed by atoms with Gasteiger partial charge in [0.2, 0.25) is 12.3 Å². The molecule has 10 heteroatoms. The molecule has 2 aromatic heterocycles. The number of carbonyl (C=O) groups excluding carboxylic acids is 2. The summed E-state index contributed by atoms with van der Waals surface area (Å²) in [6, 6.07) is 8.20. The summed E-state index contributed by atoms with van der Waals surface area (Å²) in [7, 11) is 1.74. The van der Waals surface area contributed by atoms with Crippen LogP contribution in [0.3, 0.4) is 0 Å². The Bertz CT molecular complexity index is 1200. The van der Waals surface area contributed by atoms with E-state index in [2.05, 4.69) is 31.2 Å². The predicted molar refractivity (Wildman–Crippen MR) is 121 cm³/mol. The normalized spacial score (nSPS) is 14.4. The molecule has 1 aliphatic rings.